The standard InChI is InChI=1S/C12H11BrN2O2/c1-8-3-2-4-9(5-8)7-15-11(13)10(6-14-15)12(16)17/h2-6H,7H2,1H3,(H,16,17). The molecule has 0 spiro atoms. The summed E-state index contributed by atoms with van der Waals surface area (Å²) in [4.78, 5) is 10.9. The Morgan fingerprint density at radius 2 is 2.29 bits per heavy atom. The van der Waals surface area contributed by atoms with E-state index in [9.17, 15) is 4.79 Å². The van der Waals surface area contributed by atoms with E-state index in [2.05, 4.69) is 27.1 Å². The third kappa shape index (κ3) is 2.55. The molecule has 1 heterocycles. The summed E-state index contributed by atoms with van der Waals surface area (Å²) >= 11 is 3.25. The normalized spacial score (nSPS) is 10.5. The van der Waals surface area contributed by atoms with E-state index in [-0.39, 0.29) is 5.56 Å². The lowest BCUT2D eigenvalue weighted by molar-refractivity contribution is 0.0695. The molecule has 0 saturated carbocycles. The quantitative estimate of drug-likeness (QED) is 0.947. The van der Waals surface area contributed by atoms with Crippen molar-refractivity contribution in [2.75, 3.05) is 0 Å². The Kier molecular flexibility index (Phi) is 3.28. The number of carboxylic acids is 1. The Bertz CT molecular complexity index is 563. The van der Waals surface area contributed by atoms with Gasteiger partial charge in [0.1, 0.15) is 10.2 Å². The van der Waals surface area contributed by atoms with Gasteiger partial charge in [0.2, 0.25) is 0 Å². The van der Waals surface area contributed by atoms with Gasteiger partial charge in [-0.1, -0.05) is 29.8 Å². The third-order valence-corrected chi connectivity index (χ3v) is 3.26. The summed E-state index contributed by atoms with van der Waals surface area (Å²) in [5.41, 5.74) is 2.44. The SMILES string of the molecule is Cc1cccc(Cn2ncc(C(=O)O)c2Br)c1. The second-order valence-corrected chi connectivity index (χ2v) is 4.55. The lowest BCUT2D eigenvalue weighted by atomic mass is 10.1. The summed E-state index contributed by atoms with van der Waals surface area (Å²) in [6.07, 6.45) is 1.35. The molecule has 0 unspecified atom stereocenters. The van der Waals surface area contributed by atoms with E-state index < -0.39 is 5.97 Å². The van der Waals surface area contributed by atoms with Crippen molar-refractivity contribution in [3.05, 3.63) is 51.8 Å². The molecule has 4 nitrogen and oxygen atoms in total. The Morgan fingerprint density at radius 1 is 1.53 bits per heavy atom. The van der Waals surface area contributed by atoms with Gasteiger partial charge in [-0.2, -0.15) is 5.10 Å². The van der Waals surface area contributed by atoms with Gasteiger partial charge in [-0.3, -0.25) is 4.68 Å². The minimum atomic E-state index is -0.979. The fourth-order valence-electron chi connectivity index (χ4n) is 1.61. The van der Waals surface area contributed by atoms with E-state index in [1.54, 1.807) is 4.68 Å². The monoisotopic (exact) mass is 294 g/mol. The number of carboxylic acid groups (broad SMARTS) is 1. The molecule has 0 aliphatic rings. The first-order chi connectivity index (χ1) is 8.08. The molecule has 0 atom stereocenters. The van der Waals surface area contributed by atoms with E-state index >= 15 is 0 Å². The number of halogens is 1. The number of benzene rings is 1. The van der Waals surface area contributed by atoms with Gasteiger partial charge in [0.25, 0.3) is 0 Å². The van der Waals surface area contributed by atoms with Crippen LogP contribution in [-0.4, -0.2) is 20.9 Å². The maximum atomic E-state index is 10.9. The van der Waals surface area contributed by atoms with Crippen molar-refractivity contribution in [3.8, 4) is 0 Å². The lowest BCUT2D eigenvalue weighted by Gasteiger charge is -2.04. The first-order valence-electron chi connectivity index (χ1n) is 5.08. The highest BCUT2D eigenvalue weighted by atomic mass is 79.9. The van der Waals surface area contributed by atoms with Crippen molar-refractivity contribution in [2.45, 2.75) is 13.5 Å². The first kappa shape index (κ1) is 11.9. The number of nitrogens with zero attached hydrogens (tertiary/aromatic N) is 2. The molecule has 2 rings (SSSR count). The number of aromatic carboxylic acids is 1. The molecule has 0 fully saturated rings. The number of hydrogen-bond acceptors (Lipinski definition) is 2. The number of aryl methyl sites for hydroxylation is 1. The maximum Gasteiger partial charge on any atom is 0.340 e. The van der Waals surface area contributed by atoms with Crippen molar-refractivity contribution in [2.24, 2.45) is 0 Å². The van der Waals surface area contributed by atoms with E-state index in [1.165, 1.54) is 11.8 Å². The highest BCUT2D eigenvalue weighted by molar-refractivity contribution is 9.10. The molecule has 1 N–H and O–H groups in total. The zero-order valence-corrected chi connectivity index (χ0v) is 10.8. The van der Waals surface area contributed by atoms with Crippen LogP contribution in [0.4, 0.5) is 0 Å². The molecular formula is C12H11BrN2O2. The summed E-state index contributed by atoms with van der Waals surface area (Å²) in [7, 11) is 0. The molecule has 2 aromatic rings. The lowest BCUT2D eigenvalue weighted by Crippen LogP contribution is -2.03. The average Bonchev–Trinajstić information content (AvgIpc) is 2.61. The van der Waals surface area contributed by atoms with Crippen LogP contribution in [0.1, 0.15) is 21.5 Å². The number of rotatable bonds is 3. The fraction of sp³-hybridized carbons (Fsp3) is 0.167. The van der Waals surface area contributed by atoms with E-state index in [0.29, 0.717) is 11.1 Å². The Balaban J connectivity index is 2.28. The van der Waals surface area contributed by atoms with Crippen LogP contribution in [0.15, 0.2) is 35.1 Å². The summed E-state index contributed by atoms with van der Waals surface area (Å²) < 4.78 is 2.12. The number of aromatic nitrogens is 2. The van der Waals surface area contributed by atoms with Gasteiger partial charge >= 0.3 is 5.97 Å². The second-order valence-electron chi connectivity index (χ2n) is 3.80. The topological polar surface area (TPSA) is 55.1 Å². The molecule has 17 heavy (non-hydrogen) atoms. The molecule has 0 radical (unpaired) electrons. The zero-order chi connectivity index (χ0) is 12.4. The summed E-state index contributed by atoms with van der Waals surface area (Å²) in [5, 5.41) is 13.0. The summed E-state index contributed by atoms with van der Waals surface area (Å²) in [6, 6.07) is 8.03. The van der Waals surface area contributed by atoms with Crippen molar-refractivity contribution >= 4 is 21.9 Å². The molecule has 5 heteroatoms. The van der Waals surface area contributed by atoms with E-state index in [4.69, 9.17) is 5.11 Å². The molecule has 1 aromatic carbocycles. The first-order valence-corrected chi connectivity index (χ1v) is 5.87. The molecule has 0 amide bonds. The van der Waals surface area contributed by atoms with Gasteiger partial charge in [-0.15, -0.1) is 0 Å². The largest absolute Gasteiger partial charge is 0.478 e. The minimum absolute atomic E-state index is 0.178. The van der Waals surface area contributed by atoms with Gasteiger partial charge in [-0.25, -0.2) is 4.79 Å². The van der Waals surface area contributed by atoms with Gasteiger partial charge in [-0.05, 0) is 28.4 Å². The van der Waals surface area contributed by atoms with Crippen LogP contribution in [0.5, 0.6) is 0 Å². The smallest absolute Gasteiger partial charge is 0.340 e. The van der Waals surface area contributed by atoms with Gasteiger partial charge in [0.05, 0.1) is 12.7 Å². The van der Waals surface area contributed by atoms with E-state index in [0.717, 1.165) is 5.56 Å². The minimum Gasteiger partial charge on any atom is -0.478 e. The zero-order valence-electron chi connectivity index (χ0n) is 9.22. The molecule has 1 aromatic heterocycles. The highest BCUT2D eigenvalue weighted by Gasteiger charge is 2.14. The molecule has 0 aliphatic carbocycles. The predicted molar refractivity (Wildman–Crippen MR) is 67.2 cm³/mol. The third-order valence-electron chi connectivity index (χ3n) is 2.42. The van der Waals surface area contributed by atoms with E-state index in [1.807, 2.05) is 25.1 Å². The van der Waals surface area contributed by atoms with Crippen molar-refractivity contribution in [3.63, 3.8) is 0 Å². The molecule has 0 saturated heterocycles. The summed E-state index contributed by atoms with van der Waals surface area (Å²) in [5.74, 6) is -0.979. The molecule has 0 aliphatic heterocycles. The van der Waals surface area contributed by atoms with Gasteiger partial charge in [0.15, 0.2) is 0 Å². The van der Waals surface area contributed by atoms with Gasteiger partial charge < -0.3 is 5.11 Å². The predicted octanol–water partition coefficient (Wildman–Crippen LogP) is 2.70. The van der Waals surface area contributed by atoms with Crippen LogP contribution in [0.25, 0.3) is 0 Å². The number of carbonyl (C=O) groups is 1. The number of hydrogen-bond donors (Lipinski definition) is 1. The van der Waals surface area contributed by atoms with Crippen LogP contribution < -0.4 is 0 Å². The van der Waals surface area contributed by atoms with Crippen LogP contribution >= 0.6 is 15.9 Å². The average molecular weight is 295 g/mol. The van der Waals surface area contributed by atoms with Crippen LogP contribution in [0.2, 0.25) is 0 Å². The van der Waals surface area contributed by atoms with Crippen molar-refractivity contribution < 1.29 is 9.90 Å². The highest BCUT2D eigenvalue weighted by Crippen LogP contribution is 2.18. The van der Waals surface area contributed by atoms with Crippen LogP contribution in [-0.2, 0) is 6.54 Å². The Hall–Kier alpha value is -1.62. The molecular weight excluding hydrogens is 284 g/mol. The van der Waals surface area contributed by atoms with Crippen LogP contribution in [0, 0.1) is 6.92 Å². The summed E-state index contributed by atoms with van der Waals surface area (Å²) in [6.45, 7) is 2.57. The van der Waals surface area contributed by atoms with Gasteiger partial charge in [0, 0.05) is 0 Å². The molecule has 88 valence electrons. The second kappa shape index (κ2) is 4.71. The fourth-order valence-corrected chi connectivity index (χ4v) is 2.10. The maximum absolute atomic E-state index is 10.9. The van der Waals surface area contributed by atoms with Crippen molar-refractivity contribution in [1.29, 1.82) is 0 Å². The van der Waals surface area contributed by atoms with Crippen LogP contribution in [0.3, 0.4) is 0 Å². The van der Waals surface area contributed by atoms with Crippen molar-refractivity contribution in [1.82, 2.24) is 9.78 Å². The molecule has 0 bridgehead atoms. The Morgan fingerprint density at radius 3 is 2.88 bits per heavy atom. The Labute approximate surface area is 107 Å².